The molecule has 1 aromatic heterocycles. The predicted molar refractivity (Wildman–Crippen MR) is 86.7 cm³/mol. The van der Waals surface area contributed by atoms with Crippen molar-refractivity contribution in [3.05, 3.63) is 47.7 Å². The molecule has 2 aromatic rings. The Labute approximate surface area is 131 Å². The standard InChI is InChI=1S/C18H23NO3/c1-12(2)11-19-18(20)17-9-8-16(22-17)15-7-5-6-14(10-15)13(3)21-4/h5-10,12-13H,11H2,1-4H3,(H,19,20)/t13-/m0/s1. The summed E-state index contributed by atoms with van der Waals surface area (Å²) in [6, 6.07) is 11.5. The maximum atomic E-state index is 12.0. The Hall–Kier alpha value is -2.07. The number of benzene rings is 1. The number of hydrogen-bond acceptors (Lipinski definition) is 3. The molecular formula is C18H23NO3. The van der Waals surface area contributed by atoms with Crippen LogP contribution in [0.1, 0.15) is 43.0 Å². The number of amides is 1. The molecule has 0 saturated carbocycles. The van der Waals surface area contributed by atoms with E-state index < -0.39 is 0 Å². The van der Waals surface area contributed by atoms with Crippen LogP contribution in [0, 0.1) is 5.92 Å². The van der Waals surface area contributed by atoms with Crippen LogP contribution in [0.4, 0.5) is 0 Å². The summed E-state index contributed by atoms with van der Waals surface area (Å²) in [4.78, 5) is 12.0. The first-order chi connectivity index (χ1) is 10.5. The Morgan fingerprint density at radius 2 is 2.00 bits per heavy atom. The maximum Gasteiger partial charge on any atom is 0.287 e. The van der Waals surface area contributed by atoms with Crippen LogP contribution in [-0.2, 0) is 4.74 Å². The molecule has 2 rings (SSSR count). The van der Waals surface area contributed by atoms with Gasteiger partial charge in [-0.3, -0.25) is 4.79 Å². The molecule has 0 aliphatic carbocycles. The molecule has 1 atom stereocenters. The minimum Gasteiger partial charge on any atom is -0.451 e. The van der Waals surface area contributed by atoms with Crippen LogP contribution < -0.4 is 5.32 Å². The molecule has 1 aromatic carbocycles. The fraction of sp³-hybridized carbons (Fsp3) is 0.389. The van der Waals surface area contributed by atoms with E-state index in [-0.39, 0.29) is 12.0 Å². The van der Waals surface area contributed by atoms with Gasteiger partial charge in [-0.1, -0.05) is 32.0 Å². The molecule has 118 valence electrons. The molecule has 1 amide bonds. The van der Waals surface area contributed by atoms with Crippen LogP contribution >= 0.6 is 0 Å². The quantitative estimate of drug-likeness (QED) is 0.876. The summed E-state index contributed by atoms with van der Waals surface area (Å²) >= 11 is 0. The van der Waals surface area contributed by atoms with Gasteiger partial charge in [0.2, 0.25) is 0 Å². The second kappa shape index (κ2) is 7.27. The number of carbonyl (C=O) groups excluding carboxylic acids is 1. The third-order valence-corrected chi connectivity index (χ3v) is 3.49. The summed E-state index contributed by atoms with van der Waals surface area (Å²) in [6.07, 6.45) is 0.0173. The highest BCUT2D eigenvalue weighted by Crippen LogP contribution is 2.26. The van der Waals surface area contributed by atoms with E-state index in [0.717, 1.165) is 11.1 Å². The van der Waals surface area contributed by atoms with Gasteiger partial charge in [0.05, 0.1) is 6.10 Å². The molecule has 0 spiro atoms. The second-order valence-corrected chi connectivity index (χ2v) is 5.77. The van der Waals surface area contributed by atoms with Gasteiger partial charge < -0.3 is 14.5 Å². The van der Waals surface area contributed by atoms with Crippen molar-refractivity contribution in [2.24, 2.45) is 5.92 Å². The van der Waals surface area contributed by atoms with Gasteiger partial charge in [-0.2, -0.15) is 0 Å². The van der Waals surface area contributed by atoms with Gasteiger partial charge in [0.1, 0.15) is 5.76 Å². The van der Waals surface area contributed by atoms with Crippen molar-refractivity contribution in [3.63, 3.8) is 0 Å². The third-order valence-electron chi connectivity index (χ3n) is 3.49. The van der Waals surface area contributed by atoms with Crippen LogP contribution in [0.2, 0.25) is 0 Å². The van der Waals surface area contributed by atoms with Gasteiger partial charge in [-0.05, 0) is 36.6 Å². The number of nitrogens with one attached hydrogen (secondary N) is 1. The van der Waals surface area contributed by atoms with Crippen LogP contribution in [-0.4, -0.2) is 19.6 Å². The Kier molecular flexibility index (Phi) is 5.39. The van der Waals surface area contributed by atoms with Crippen molar-refractivity contribution in [3.8, 4) is 11.3 Å². The lowest BCUT2D eigenvalue weighted by atomic mass is 10.1. The first-order valence-electron chi connectivity index (χ1n) is 7.52. The van der Waals surface area contributed by atoms with Gasteiger partial charge in [0.15, 0.2) is 5.76 Å². The topological polar surface area (TPSA) is 51.5 Å². The zero-order valence-electron chi connectivity index (χ0n) is 13.6. The molecule has 0 radical (unpaired) electrons. The van der Waals surface area contributed by atoms with Gasteiger partial charge in [-0.15, -0.1) is 0 Å². The van der Waals surface area contributed by atoms with Crippen molar-refractivity contribution in [2.45, 2.75) is 26.9 Å². The average molecular weight is 301 g/mol. The molecule has 4 heteroatoms. The highest BCUT2D eigenvalue weighted by molar-refractivity contribution is 5.92. The molecule has 0 unspecified atom stereocenters. The summed E-state index contributed by atoms with van der Waals surface area (Å²) in [5.74, 6) is 1.24. The summed E-state index contributed by atoms with van der Waals surface area (Å²) in [5.41, 5.74) is 2.01. The Morgan fingerprint density at radius 1 is 1.23 bits per heavy atom. The lowest BCUT2D eigenvalue weighted by Crippen LogP contribution is -2.26. The predicted octanol–water partition coefficient (Wildman–Crippen LogP) is 4.04. The molecule has 0 aliphatic rings. The molecule has 1 heterocycles. The summed E-state index contributed by atoms with van der Waals surface area (Å²) in [6.45, 7) is 6.73. The molecule has 1 N–H and O–H groups in total. The number of carbonyl (C=O) groups is 1. The van der Waals surface area contributed by atoms with Gasteiger partial charge in [-0.25, -0.2) is 0 Å². The molecule has 22 heavy (non-hydrogen) atoms. The average Bonchev–Trinajstić information content (AvgIpc) is 3.02. The minimum absolute atomic E-state index is 0.0173. The van der Waals surface area contributed by atoms with Crippen LogP contribution in [0.5, 0.6) is 0 Å². The van der Waals surface area contributed by atoms with E-state index in [1.54, 1.807) is 13.2 Å². The number of furan rings is 1. The fourth-order valence-corrected chi connectivity index (χ4v) is 2.08. The molecular weight excluding hydrogens is 278 g/mol. The summed E-state index contributed by atoms with van der Waals surface area (Å²) in [5, 5.41) is 2.85. The Morgan fingerprint density at radius 3 is 2.68 bits per heavy atom. The largest absolute Gasteiger partial charge is 0.451 e. The van der Waals surface area contributed by atoms with E-state index >= 15 is 0 Å². The lowest BCUT2D eigenvalue weighted by Gasteiger charge is -2.10. The van der Waals surface area contributed by atoms with E-state index in [2.05, 4.69) is 19.2 Å². The van der Waals surface area contributed by atoms with Gasteiger partial charge >= 0.3 is 0 Å². The van der Waals surface area contributed by atoms with Crippen molar-refractivity contribution in [1.82, 2.24) is 5.32 Å². The van der Waals surface area contributed by atoms with Crippen LogP contribution in [0.3, 0.4) is 0 Å². The van der Waals surface area contributed by atoms with E-state index in [0.29, 0.717) is 24.0 Å². The van der Waals surface area contributed by atoms with Crippen molar-refractivity contribution >= 4 is 5.91 Å². The van der Waals surface area contributed by atoms with Crippen molar-refractivity contribution < 1.29 is 13.9 Å². The van der Waals surface area contributed by atoms with E-state index in [1.165, 1.54) is 0 Å². The highest BCUT2D eigenvalue weighted by atomic mass is 16.5. The monoisotopic (exact) mass is 301 g/mol. The van der Waals surface area contributed by atoms with Crippen molar-refractivity contribution in [1.29, 1.82) is 0 Å². The van der Waals surface area contributed by atoms with Crippen LogP contribution in [0.25, 0.3) is 11.3 Å². The van der Waals surface area contributed by atoms with Gasteiger partial charge in [0.25, 0.3) is 5.91 Å². The minimum atomic E-state index is -0.179. The molecule has 0 saturated heterocycles. The summed E-state index contributed by atoms with van der Waals surface area (Å²) < 4.78 is 11.0. The highest BCUT2D eigenvalue weighted by Gasteiger charge is 2.13. The zero-order chi connectivity index (χ0) is 16.1. The number of rotatable bonds is 6. The van der Waals surface area contributed by atoms with E-state index in [4.69, 9.17) is 9.15 Å². The van der Waals surface area contributed by atoms with Gasteiger partial charge in [0, 0.05) is 19.2 Å². The van der Waals surface area contributed by atoms with Crippen molar-refractivity contribution in [2.75, 3.05) is 13.7 Å². The maximum absolute atomic E-state index is 12.0. The van der Waals surface area contributed by atoms with E-state index in [1.807, 2.05) is 37.3 Å². The normalized spacial score (nSPS) is 12.4. The third kappa shape index (κ3) is 3.98. The number of ether oxygens (including phenoxy) is 1. The number of methoxy groups -OCH3 is 1. The summed E-state index contributed by atoms with van der Waals surface area (Å²) in [7, 11) is 1.68. The molecule has 0 bridgehead atoms. The lowest BCUT2D eigenvalue weighted by molar-refractivity contribution is 0.0922. The zero-order valence-corrected chi connectivity index (χ0v) is 13.6. The van der Waals surface area contributed by atoms with E-state index in [9.17, 15) is 4.79 Å². The first-order valence-corrected chi connectivity index (χ1v) is 7.52. The smallest absolute Gasteiger partial charge is 0.287 e. The fourth-order valence-electron chi connectivity index (χ4n) is 2.08. The SMILES string of the molecule is CO[C@@H](C)c1cccc(-c2ccc(C(=O)NCC(C)C)o2)c1. The van der Waals surface area contributed by atoms with Crippen LogP contribution in [0.15, 0.2) is 40.8 Å². The Balaban J connectivity index is 2.16. The second-order valence-electron chi connectivity index (χ2n) is 5.77. The molecule has 0 aliphatic heterocycles. The number of hydrogen-bond donors (Lipinski definition) is 1. The molecule has 0 fully saturated rings. The molecule has 4 nitrogen and oxygen atoms in total. The first kappa shape index (κ1) is 16.3. The Bertz CT molecular complexity index is 631.